The van der Waals surface area contributed by atoms with Crippen LogP contribution in [0.3, 0.4) is 0 Å². The SMILES string of the molecule is CN(C#N)CC(=O)Nc1cc(N2C(=O)N(Cc3ccncc3)C(C)(C)C2=O)ccc1OC(F)(F)F. The van der Waals surface area contributed by atoms with E-state index in [4.69, 9.17) is 5.26 Å². The van der Waals surface area contributed by atoms with Crippen molar-refractivity contribution in [2.75, 3.05) is 23.8 Å². The summed E-state index contributed by atoms with van der Waals surface area (Å²) in [6.45, 7) is 2.75. The number of imide groups is 1. The van der Waals surface area contributed by atoms with Crippen LogP contribution in [0.1, 0.15) is 19.4 Å². The van der Waals surface area contributed by atoms with Crippen molar-refractivity contribution in [2.45, 2.75) is 32.3 Å². The monoisotopic (exact) mass is 490 g/mol. The number of urea groups is 1. The molecule has 4 amide bonds. The Hall–Kier alpha value is -4.34. The lowest BCUT2D eigenvalue weighted by molar-refractivity contribution is -0.274. The van der Waals surface area contributed by atoms with Crippen LogP contribution in [-0.2, 0) is 16.1 Å². The van der Waals surface area contributed by atoms with Crippen LogP contribution in [0, 0.1) is 11.5 Å². The van der Waals surface area contributed by atoms with Gasteiger partial charge in [-0.15, -0.1) is 13.2 Å². The van der Waals surface area contributed by atoms with E-state index in [9.17, 15) is 27.6 Å². The number of pyridine rings is 1. The summed E-state index contributed by atoms with van der Waals surface area (Å²) in [6.07, 6.45) is -0.288. The number of likely N-dealkylation sites (N-methyl/N-ethyl adjacent to an activating group) is 1. The molecule has 13 heteroatoms. The maximum Gasteiger partial charge on any atom is 0.573 e. The minimum absolute atomic E-state index is 0.0660. The van der Waals surface area contributed by atoms with Crippen LogP contribution >= 0.6 is 0 Å². The minimum atomic E-state index is -5.06. The molecule has 1 aliphatic rings. The van der Waals surface area contributed by atoms with Gasteiger partial charge in [-0.2, -0.15) is 5.26 Å². The first-order valence-electron chi connectivity index (χ1n) is 10.2. The quantitative estimate of drug-likeness (QED) is 0.360. The van der Waals surface area contributed by atoms with Crippen molar-refractivity contribution in [3.8, 4) is 11.9 Å². The van der Waals surface area contributed by atoms with Crippen molar-refractivity contribution in [3.63, 3.8) is 0 Å². The Morgan fingerprint density at radius 2 is 1.89 bits per heavy atom. The maximum atomic E-state index is 13.2. The number of rotatable bonds is 7. The van der Waals surface area contributed by atoms with Gasteiger partial charge in [0.15, 0.2) is 11.9 Å². The Bertz CT molecular complexity index is 1180. The van der Waals surface area contributed by atoms with Crippen LogP contribution in [0.2, 0.25) is 0 Å². The third-order valence-corrected chi connectivity index (χ3v) is 5.19. The molecular formula is C22H21F3N6O4. The fourth-order valence-electron chi connectivity index (χ4n) is 3.41. The highest BCUT2D eigenvalue weighted by atomic mass is 19.4. The first kappa shape index (κ1) is 25.3. The Morgan fingerprint density at radius 3 is 2.49 bits per heavy atom. The lowest BCUT2D eigenvalue weighted by Crippen LogP contribution is -2.43. The van der Waals surface area contributed by atoms with E-state index < -0.39 is 47.7 Å². The Balaban J connectivity index is 1.97. The predicted octanol–water partition coefficient (Wildman–Crippen LogP) is 3.08. The first-order chi connectivity index (χ1) is 16.3. The van der Waals surface area contributed by atoms with Crippen molar-refractivity contribution < 1.29 is 32.3 Å². The number of hydrogen-bond acceptors (Lipinski definition) is 7. The van der Waals surface area contributed by atoms with Gasteiger partial charge in [0.2, 0.25) is 5.91 Å². The fraction of sp³-hybridized carbons (Fsp3) is 0.318. The number of benzene rings is 1. The van der Waals surface area contributed by atoms with E-state index >= 15 is 0 Å². The molecule has 1 N–H and O–H groups in total. The lowest BCUT2D eigenvalue weighted by atomic mass is 10.0. The van der Waals surface area contributed by atoms with Gasteiger partial charge in [0.1, 0.15) is 12.1 Å². The van der Waals surface area contributed by atoms with Crippen molar-refractivity contribution in [1.29, 1.82) is 5.26 Å². The molecule has 184 valence electrons. The number of hydrogen-bond donors (Lipinski definition) is 1. The molecule has 35 heavy (non-hydrogen) atoms. The molecule has 2 aromatic rings. The van der Waals surface area contributed by atoms with Gasteiger partial charge in [0, 0.05) is 26.0 Å². The van der Waals surface area contributed by atoms with Crippen molar-refractivity contribution >= 4 is 29.2 Å². The molecule has 1 aromatic heterocycles. The minimum Gasteiger partial charge on any atom is -0.404 e. The van der Waals surface area contributed by atoms with Crippen molar-refractivity contribution in [2.24, 2.45) is 0 Å². The third-order valence-electron chi connectivity index (χ3n) is 5.19. The van der Waals surface area contributed by atoms with Gasteiger partial charge in [-0.05, 0) is 49.7 Å². The number of nitrogens with zero attached hydrogens (tertiary/aromatic N) is 5. The van der Waals surface area contributed by atoms with Gasteiger partial charge in [-0.25, -0.2) is 9.69 Å². The molecule has 1 fully saturated rings. The predicted molar refractivity (Wildman–Crippen MR) is 117 cm³/mol. The molecule has 0 atom stereocenters. The zero-order valence-corrected chi connectivity index (χ0v) is 19.0. The Morgan fingerprint density at radius 1 is 1.23 bits per heavy atom. The number of carbonyl (C=O) groups is 3. The van der Waals surface area contributed by atoms with Gasteiger partial charge >= 0.3 is 12.4 Å². The highest BCUT2D eigenvalue weighted by Crippen LogP contribution is 2.38. The van der Waals surface area contributed by atoms with Gasteiger partial charge < -0.3 is 19.9 Å². The summed E-state index contributed by atoms with van der Waals surface area (Å²) in [5.41, 5.74) is -1.04. The average Bonchev–Trinajstić information content (AvgIpc) is 2.94. The second-order valence-corrected chi connectivity index (χ2v) is 8.16. The zero-order chi connectivity index (χ0) is 26.0. The summed E-state index contributed by atoms with van der Waals surface area (Å²) in [6, 6.07) is 5.72. The molecule has 0 spiro atoms. The smallest absolute Gasteiger partial charge is 0.404 e. The summed E-state index contributed by atoms with van der Waals surface area (Å²) >= 11 is 0. The normalized spacial score (nSPS) is 15.1. The number of alkyl halides is 3. The number of aromatic nitrogens is 1. The maximum absolute atomic E-state index is 13.2. The third kappa shape index (κ3) is 5.60. The Kier molecular flexibility index (Phi) is 6.86. The van der Waals surface area contributed by atoms with E-state index in [1.54, 1.807) is 44.6 Å². The molecular weight excluding hydrogens is 469 g/mol. The number of ether oxygens (including phenoxy) is 1. The van der Waals surface area contributed by atoms with Crippen LogP contribution in [0.4, 0.5) is 29.3 Å². The average molecular weight is 490 g/mol. The van der Waals surface area contributed by atoms with Crippen LogP contribution in [0.15, 0.2) is 42.7 Å². The first-order valence-corrected chi connectivity index (χ1v) is 10.2. The number of carbonyl (C=O) groups excluding carboxylic acids is 3. The molecule has 0 saturated carbocycles. The number of nitriles is 1. The number of amides is 4. The van der Waals surface area contributed by atoms with Gasteiger partial charge in [0.05, 0.1) is 11.4 Å². The molecule has 2 heterocycles. The molecule has 0 radical (unpaired) electrons. The molecule has 0 bridgehead atoms. The highest BCUT2D eigenvalue weighted by Gasteiger charge is 2.52. The molecule has 1 aliphatic heterocycles. The van der Waals surface area contributed by atoms with E-state index in [1.807, 2.05) is 0 Å². The van der Waals surface area contributed by atoms with Crippen molar-refractivity contribution in [1.82, 2.24) is 14.8 Å². The van der Waals surface area contributed by atoms with Gasteiger partial charge in [-0.1, -0.05) is 0 Å². The fourth-order valence-corrected chi connectivity index (χ4v) is 3.41. The standard InChI is InChI=1S/C22H21F3N6O4/c1-21(2)19(33)31(20(34)30(21)11-14-6-8-27-9-7-14)15-4-5-17(35-22(23,24)25)16(10-15)28-18(32)12-29(3)13-26/h4-10H,11-12H2,1-3H3,(H,28,32). The summed E-state index contributed by atoms with van der Waals surface area (Å²) < 4.78 is 42.7. The molecule has 1 aromatic carbocycles. The number of anilines is 2. The second kappa shape index (κ2) is 9.49. The van der Waals surface area contributed by atoms with Crippen LogP contribution in [-0.4, -0.2) is 58.1 Å². The lowest BCUT2D eigenvalue weighted by Gasteiger charge is -2.27. The van der Waals surface area contributed by atoms with Crippen LogP contribution < -0.4 is 15.0 Å². The molecule has 3 rings (SSSR count). The molecule has 1 saturated heterocycles. The number of halogens is 3. The topological polar surface area (TPSA) is 119 Å². The van der Waals surface area contributed by atoms with Crippen molar-refractivity contribution in [3.05, 3.63) is 48.3 Å². The van der Waals surface area contributed by atoms with E-state index in [0.717, 1.165) is 33.6 Å². The van der Waals surface area contributed by atoms with Crippen LogP contribution in [0.5, 0.6) is 5.75 Å². The van der Waals surface area contributed by atoms with E-state index in [0.29, 0.717) is 0 Å². The molecule has 0 unspecified atom stereocenters. The highest BCUT2D eigenvalue weighted by molar-refractivity contribution is 6.23. The van der Waals surface area contributed by atoms with Crippen LogP contribution in [0.25, 0.3) is 0 Å². The summed E-state index contributed by atoms with van der Waals surface area (Å²) in [5.74, 6) is -2.17. The van der Waals surface area contributed by atoms with E-state index in [-0.39, 0.29) is 12.2 Å². The summed E-state index contributed by atoms with van der Waals surface area (Å²) in [7, 11) is 1.31. The molecule has 10 nitrogen and oxygen atoms in total. The van der Waals surface area contributed by atoms with Gasteiger partial charge in [-0.3, -0.25) is 14.6 Å². The zero-order valence-electron chi connectivity index (χ0n) is 19.0. The summed E-state index contributed by atoms with van der Waals surface area (Å²) in [5, 5.41) is 11.1. The Labute approximate surface area is 198 Å². The molecule has 0 aliphatic carbocycles. The largest absolute Gasteiger partial charge is 0.573 e. The van der Waals surface area contributed by atoms with E-state index in [1.165, 1.54) is 11.9 Å². The second-order valence-electron chi connectivity index (χ2n) is 8.16. The number of nitrogens with one attached hydrogen (secondary N) is 1. The summed E-state index contributed by atoms with van der Waals surface area (Å²) in [4.78, 5) is 45.7. The van der Waals surface area contributed by atoms with Gasteiger partial charge in [0.25, 0.3) is 5.91 Å². The van der Waals surface area contributed by atoms with E-state index in [2.05, 4.69) is 15.0 Å².